The quantitative estimate of drug-likeness (QED) is 0.0907. The Hall–Kier alpha value is -4.55. The Bertz CT molecular complexity index is 2560. The zero-order valence-corrected chi connectivity index (χ0v) is 50.9. The van der Waals surface area contributed by atoms with Crippen LogP contribution in [-0.4, -0.2) is 195 Å². The van der Waals surface area contributed by atoms with Crippen LogP contribution in [-0.2, 0) is 73.0 Å². The number of likely N-dealkylation sites (N-methyl/N-ethyl adjacent to an activating group) is 2. The van der Waals surface area contributed by atoms with E-state index in [1.165, 1.54) is 6.92 Å². The summed E-state index contributed by atoms with van der Waals surface area (Å²) in [5, 5.41) is 13.4. The number of fused-ring (bicyclic) bond motifs is 2. The third-order valence-electron chi connectivity index (χ3n) is 16.9. The molecule has 4 aliphatic rings. The Balaban J connectivity index is 1.24. The third kappa shape index (κ3) is 15.2. The van der Waals surface area contributed by atoms with E-state index in [-0.39, 0.29) is 74.7 Å². The number of pyridine rings is 1. The Morgan fingerprint density at radius 1 is 0.926 bits per heavy atom. The predicted molar refractivity (Wildman–Crippen MR) is 300 cm³/mol. The molecule has 0 saturated carbocycles. The highest BCUT2D eigenvalue weighted by Gasteiger charge is 2.58. The Labute approximate surface area is 478 Å². The molecule has 0 spiro atoms. The van der Waals surface area contributed by atoms with E-state index < -0.39 is 114 Å². The number of carbonyl (C=O) groups excluding carboxylic acids is 4. The van der Waals surface area contributed by atoms with Crippen molar-refractivity contribution in [2.24, 2.45) is 17.8 Å². The Morgan fingerprint density at radius 3 is 2.28 bits per heavy atom. The van der Waals surface area contributed by atoms with Gasteiger partial charge in [0.2, 0.25) is 5.43 Å². The molecule has 0 radical (unpaired) electrons. The van der Waals surface area contributed by atoms with Gasteiger partial charge in [0.15, 0.2) is 30.4 Å². The molecular formula is C60H93N3O18. The number of hydrogen-bond acceptors (Lipinski definition) is 20. The van der Waals surface area contributed by atoms with Gasteiger partial charge in [-0.1, -0.05) is 39.0 Å². The lowest BCUT2D eigenvalue weighted by Crippen LogP contribution is -2.61. The van der Waals surface area contributed by atoms with E-state index in [1.54, 1.807) is 47.1 Å². The second-order valence-corrected chi connectivity index (χ2v) is 23.6. The molecule has 1 aromatic carbocycles. The van der Waals surface area contributed by atoms with Gasteiger partial charge in [0.05, 0.1) is 79.5 Å². The average molecular weight is 1140 g/mol. The zero-order chi connectivity index (χ0) is 59.9. The zero-order valence-electron chi connectivity index (χ0n) is 50.9. The number of hydrogen-bond donors (Lipinski definition) is 1. The van der Waals surface area contributed by atoms with Crippen LogP contribution in [0.2, 0.25) is 0 Å². The molecule has 0 amide bonds. The number of ether oxygens (including phenoxy) is 12. The van der Waals surface area contributed by atoms with Gasteiger partial charge in [0, 0.05) is 57.1 Å². The van der Waals surface area contributed by atoms with Gasteiger partial charge in [-0.25, -0.2) is 9.59 Å². The minimum absolute atomic E-state index is 0.0112. The van der Waals surface area contributed by atoms with Crippen molar-refractivity contribution in [1.82, 2.24) is 14.4 Å². The number of aryl methyl sites for hydroxylation is 1. The van der Waals surface area contributed by atoms with Crippen LogP contribution in [0, 0.1) is 17.8 Å². The van der Waals surface area contributed by atoms with Gasteiger partial charge in [0.1, 0.15) is 17.8 Å². The van der Waals surface area contributed by atoms with Crippen molar-refractivity contribution in [1.29, 1.82) is 0 Å². The van der Waals surface area contributed by atoms with Crippen molar-refractivity contribution in [3.63, 3.8) is 0 Å². The van der Waals surface area contributed by atoms with Crippen LogP contribution in [0.3, 0.4) is 0 Å². The molecule has 4 aliphatic heterocycles. The summed E-state index contributed by atoms with van der Waals surface area (Å²) in [7, 11) is 7.30. The van der Waals surface area contributed by atoms with Gasteiger partial charge < -0.3 is 71.4 Å². The summed E-state index contributed by atoms with van der Waals surface area (Å²) >= 11 is 0. The number of nitrogens with zero attached hydrogens (tertiary/aromatic N) is 3. The molecule has 81 heavy (non-hydrogen) atoms. The molecule has 0 bridgehead atoms. The van der Waals surface area contributed by atoms with Gasteiger partial charge in [0.25, 0.3) is 0 Å². The van der Waals surface area contributed by atoms with Gasteiger partial charge in [-0.2, -0.15) is 0 Å². The molecule has 6 rings (SSSR count). The number of benzene rings is 1. The van der Waals surface area contributed by atoms with E-state index in [0.29, 0.717) is 30.4 Å². The first kappa shape index (κ1) is 65.6. The molecule has 21 nitrogen and oxygen atoms in total. The van der Waals surface area contributed by atoms with Crippen LogP contribution in [0.4, 0.5) is 4.79 Å². The Kier molecular flexibility index (Phi) is 22.6. The fourth-order valence-corrected chi connectivity index (χ4v) is 12.7. The highest BCUT2D eigenvalue weighted by Crippen LogP contribution is 2.43. The van der Waals surface area contributed by atoms with Gasteiger partial charge in [-0.05, 0) is 126 Å². The van der Waals surface area contributed by atoms with Crippen molar-refractivity contribution in [3.05, 3.63) is 51.8 Å². The number of rotatable bonds is 18. The van der Waals surface area contributed by atoms with Crippen molar-refractivity contribution in [3.8, 4) is 0 Å². The summed E-state index contributed by atoms with van der Waals surface area (Å²) in [4.78, 5) is 70.6. The number of methoxy groups -OCH3 is 1. The van der Waals surface area contributed by atoms with Crippen LogP contribution in [0.1, 0.15) is 132 Å². The van der Waals surface area contributed by atoms with E-state index >= 15 is 0 Å². The molecule has 21 heteroatoms. The van der Waals surface area contributed by atoms with E-state index in [2.05, 4.69) is 0 Å². The molecule has 1 aromatic heterocycles. The first-order valence-corrected chi connectivity index (χ1v) is 28.9. The summed E-state index contributed by atoms with van der Waals surface area (Å²) in [6.07, 6.45) is -2.94. The predicted octanol–water partition coefficient (Wildman–Crippen LogP) is 6.92. The molecule has 0 unspecified atom stereocenters. The molecular weight excluding hydrogens is 1050 g/mol. The van der Waals surface area contributed by atoms with Crippen molar-refractivity contribution in [2.45, 2.75) is 213 Å². The van der Waals surface area contributed by atoms with Crippen LogP contribution in [0.25, 0.3) is 17.0 Å². The highest BCUT2D eigenvalue weighted by molar-refractivity contribution is 5.94. The van der Waals surface area contributed by atoms with Crippen LogP contribution < -0.4 is 5.43 Å². The van der Waals surface area contributed by atoms with Crippen molar-refractivity contribution >= 4 is 41.0 Å². The molecule has 4 fully saturated rings. The van der Waals surface area contributed by atoms with Crippen LogP contribution >= 0.6 is 0 Å². The minimum atomic E-state index is -1.64. The summed E-state index contributed by atoms with van der Waals surface area (Å²) in [5.41, 5.74) is -2.91. The van der Waals surface area contributed by atoms with E-state index in [1.807, 2.05) is 115 Å². The maximum Gasteiger partial charge on any atom is 0.509 e. The normalized spacial score (nSPS) is 36.6. The fraction of sp³-hybridized carbons (Fsp3) is 0.750. The van der Waals surface area contributed by atoms with Gasteiger partial charge in [-0.3, -0.25) is 19.3 Å². The summed E-state index contributed by atoms with van der Waals surface area (Å²) in [6.45, 7) is 25.3. The maximum absolute atomic E-state index is 14.9. The monoisotopic (exact) mass is 1140 g/mol. The highest BCUT2D eigenvalue weighted by atomic mass is 16.8. The Morgan fingerprint density at radius 2 is 1.64 bits per heavy atom. The number of aliphatic hydroxyl groups is 1. The largest absolute Gasteiger partial charge is 0.509 e. The summed E-state index contributed by atoms with van der Waals surface area (Å²) in [6, 6.07) is 4.81. The second-order valence-electron chi connectivity index (χ2n) is 23.6. The maximum atomic E-state index is 14.9. The molecule has 4 saturated heterocycles. The van der Waals surface area contributed by atoms with Crippen molar-refractivity contribution < 1.29 is 81.1 Å². The first-order valence-electron chi connectivity index (χ1n) is 28.9. The van der Waals surface area contributed by atoms with Gasteiger partial charge in [-0.15, -0.1) is 0 Å². The standard InChI is InChI=1S/C60H93N3O18/c1-18-46-60(13)52(80-57(68)81-60)38(8)62(16)32-34(4)30-58(11,69)51(79-56-50(76-40(10)64)45(61(14)15)28-35(5)74-56)36(6)49(37(7)54(66)77-46)78-47-31-59(12,70-17)53(39(9)75-47)73-27-26-71-25-21-22-41-23-24-44-42(29-41)48(65)43(33-63(44)19-2)55(67)72-20-3/h21-24,29,33-39,45-47,49-53,56,69H,18-20,25-28,30-32H2,1-17H3/b22-21+/t34-,35-,36+,37-,38-,39+,45+,46-,47+,49+,50-,51-,52-,53+,56+,58-,59-,60-/m1/s1. The third-order valence-corrected chi connectivity index (χ3v) is 16.9. The molecule has 5 heterocycles. The molecule has 18 atom stereocenters. The molecule has 2 aromatic rings. The molecule has 456 valence electrons. The molecule has 0 aliphatic carbocycles. The van der Waals surface area contributed by atoms with E-state index in [4.69, 9.17) is 56.8 Å². The lowest BCUT2D eigenvalue weighted by Gasteiger charge is -2.49. The topological polar surface area (TPSA) is 228 Å². The van der Waals surface area contributed by atoms with Crippen LogP contribution in [0.15, 0.2) is 35.3 Å². The summed E-state index contributed by atoms with van der Waals surface area (Å²) in [5.74, 6) is -3.89. The SMILES string of the molecule is CCOC(=O)c1cn(CC)c2ccc(/C=C/COCCO[C@H]3[C@H](C)O[C@@H](O[C@H]4[C@H](C)[C@@H](O[C@@H]5O[C@H](C)C[C@H](N(C)C)[C@H]5OC(C)=O)[C@](C)(O)C[C@@H](C)CN(C)[C@H](C)[C@H]5OC(=O)O[C@]5(C)[C@@H](CC)OC(=O)[C@@H]4C)C[C@@]3(C)OC)cc2c1=O. The number of cyclic esters (lactones) is 1. The van der Waals surface area contributed by atoms with E-state index in [9.17, 15) is 29.1 Å². The number of aromatic nitrogens is 1. The number of carbonyl (C=O) groups is 4. The summed E-state index contributed by atoms with van der Waals surface area (Å²) < 4.78 is 77.1. The smallest absolute Gasteiger partial charge is 0.462 e. The van der Waals surface area contributed by atoms with Crippen molar-refractivity contribution in [2.75, 3.05) is 61.2 Å². The van der Waals surface area contributed by atoms with Crippen LogP contribution in [0.5, 0.6) is 0 Å². The van der Waals surface area contributed by atoms with Gasteiger partial charge >= 0.3 is 24.1 Å². The second kappa shape index (κ2) is 27.9. The lowest BCUT2D eigenvalue weighted by molar-refractivity contribution is -0.321. The average Bonchev–Trinajstić information content (AvgIpc) is 3.90. The van der Waals surface area contributed by atoms with E-state index in [0.717, 1.165) is 5.56 Å². The molecule has 1 N–H and O–H groups in total. The lowest BCUT2D eigenvalue weighted by atomic mass is 9.77. The number of esters is 3. The minimum Gasteiger partial charge on any atom is -0.462 e. The fourth-order valence-electron chi connectivity index (χ4n) is 12.7. The first-order chi connectivity index (χ1) is 38.1.